The van der Waals surface area contributed by atoms with Crippen molar-refractivity contribution in [3.8, 4) is 11.5 Å². The molecule has 0 spiro atoms. The van der Waals surface area contributed by atoms with Crippen LogP contribution in [0, 0.1) is 6.92 Å². The predicted octanol–water partition coefficient (Wildman–Crippen LogP) is 2.26. The van der Waals surface area contributed by atoms with E-state index in [1.165, 1.54) is 13.2 Å². The van der Waals surface area contributed by atoms with Gasteiger partial charge in [-0.25, -0.2) is 0 Å². The van der Waals surface area contributed by atoms with Gasteiger partial charge in [-0.15, -0.1) is 0 Å². The van der Waals surface area contributed by atoms with Crippen LogP contribution in [0.4, 0.5) is 14.5 Å². The molecule has 0 fully saturated rings. The highest BCUT2D eigenvalue weighted by Crippen LogP contribution is 2.29. The molecule has 1 amide bonds. The van der Waals surface area contributed by atoms with Gasteiger partial charge in [-0.2, -0.15) is 8.78 Å². The number of carbonyl (C=O) groups is 1. The molecule has 0 saturated heterocycles. The van der Waals surface area contributed by atoms with Crippen LogP contribution in [0.1, 0.15) is 11.1 Å². The van der Waals surface area contributed by atoms with E-state index in [9.17, 15) is 13.6 Å². The number of benzene rings is 2. The first-order valence-corrected chi connectivity index (χ1v) is 8.17. The number of nitrogens with one attached hydrogen (secondary N) is 2. The Morgan fingerprint density at radius 1 is 1.15 bits per heavy atom. The van der Waals surface area contributed by atoms with E-state index in [1.807, 2.05) is 38.2 Å². The first kappa shape index (κ1) is 19.7. The summed E-state index contributed by atoms with van der Waals surface area (Å²) in [5.74, 6) is 0.122. The monoisotopic (exact) mass is 365 g/mol. The Bertz CT molecular complexity index is 736. The molecular weight excluding hydrogens is 342 g/mol. The molecule has 5 nitrogen and oxygen atoms in total. The van der Waals surface area contributed by atoms with Gasteiger partial charge >= 0.3 is 6.61 Å². The number of aryl methyl sites for hydroxylation is 1. The number of alkyl halides is 2. The average Bonchev–Trinajstić information content (AvgIpc) is 2.57. The lowest BCUT2D eigenvalue weighted by Crippen LogP contribution is -3.08. The van der Waals surface area contributed by atoms with Gasteiger partial charge in [0.05, 0.1) is 14.2 Å². The fourth-order valence-electron chi connectivity index (χ4n) is 2.54. The van der Waals surface area contributed by atoms with Crippen molar-refractivity contribution in [3.05, 3.63) is 53.6 Å². The molecule has 2 aromatic carbocycles. The second-order valence-electron chi connectivity index (χ2n) is 6.09. The van der Waals surface area contributed by atoms with E-state index < -0.39 is 6.61 Å². The van der Waals surface area contributed by atoms with Gasteiger partial charge in [0.15, 0.2) is 18.0 Å². The first-order valence-electron chi connectivity index (χ1n) is 8.17. The molecule has 2 aromatic rings. The van der Waals surface area contributed by atoms with Crippen LogP contribution in [0.15, 0.2) is 42.5 Å². The third-order valence-electron chi connectivity index (χ3n) is 3.75. The van der Waals surface area contributed by atoms with Gasteiger partial charge in [-0.3, -0.25) is 4.79 Å². The van der Waals surface area contributed by atoms with Gasteiger partial charge in [-0.05, 0) is 37.3 Å². The molecule has 140 valence electrons. The SMILES string of the molecule is COc1cc(C[NH+](C)CC(=O)Nc2ccc(C)cc2)ccc1OC(F)F. The summed E-state index contributed by atoms with van der Waals surface area (Å²) in [6.45, 7) is -0.124. The van der Waals surface area contributed by atoms with E-state index in [4.69, 9.17) is 4.74 Å². The number of anilines is 1. The van der Waals surface area contributed by atoms with Crippen molar-refractivity contribution in [3.63, 3.8) is 0 Å². The molecule has 0 bridgehead atoms. The molecule has 1 unspecified atom stereocenters. The summed E-state index contributed by atoms with van der Waals surface area (Å²) >= 11 is 0. The smallest absolute Gasteiger partial charge is 0.387 e. The van der Waals surface area contributed by atoms with Crippen LogP contribution in [0.3, 0.4) is 0 Å². The van der Waals surface area contributed by atoms with Crippen molar-refractivity contribution in [2.24, 2.45) is 0 Å². The van der Waals surface area contributed by atoms with Crippen molar-refractivity contribution in [1.29, 1.82) is 0 Å². The topological polar surface area (TPSA) is 52.0 Å². The van der Waals surface area contributed by atoms with Crippen LogP contribution in [0.2, 0.25) is 0 Å². The highest BCUT2D eigenvalue weighted by molar-refractivity contribution is 5.91. The minimum Gasteiger partial charge on any atom is -0.493 e. The van der Waals surface area contributed by atoms with Crippen molar-refractivity contribution < 1.29 is 27.9 Å². The molecule has 0 aliphatic heterocycles. The zero-order valence-corrected chi connectivity index (χ0v) is 15.0. The van der Waals surface area contributed by atoms with E-state index in [2.05, 4.69) is 10.1 Å². The Morgan fingerprint density at radius 3 is 2.46 bits per heavy atom. The summed E-state index contributed by atoms with van der Waals surface area (Å²) in [6, 6.07) is 12.3. The lowest BCUT2D eigenvalue weighted by atomic mass is 10.2. The second kappa shape index (κ2) is 9.15. The summed E-state index contributed by atoms with van der Waals surface area (Å²) in [6.07, 6.45) is 0. The summed E-state index contributed by atoms with van der Waals surface area (Å²) < 4.78 is 34.2. The first-order chi connectivity index (χ1) is 12.4. The van der Waals surface area contributed by atoms with Gasteiger partial charge in [-0.1, -0.05) is 17.7 Å². The normalized spacial score (nSPS) is 11.9. The number of methoxy groups -OCH3 is 1. The minimum atomic E-state index is -2.91. The number of amides is 1. The van der Waals surface area contributed by atoms with Crippen molar-refractivity contribution in [2.75, 3.05) is 26.0 Å². The van der Waals surface area contributed by atoms with Crippen molar-refractivity contribution in [1.82, 2.24) is 0 Å². The van der Waals surface area contributed by atoms with Crippen molar-refractivity contribution in [2.45, 2.75) is 20.1 Å². The summed E-state index contributed by atoms with van der Waals surface area (Å²) in [5, 5.41) is 2.85. The van der Waals surface area contributed by atoms with Gasteiger partial charge in [0.2, 0.25) is 0 Å². The number of ether oxygens (including phenoxy) is 2. The molecular formula is C19H23F2N2O3+. The fraction of sp³-hybridized carbons (Fsp3) is 0.316. The quantitative estimate of drug-likeness (QED) is 0.755. The Kier molecular flexibility index (Phi) is 6.91. The number of carbonyl (C=O) groups excluding carboxylic acids is 1. The highest BCUT2D eigenvalue weighted by Gasteiger charge is 2.14. The van der Waals surface area contributed by atoms with Crippen molar-refractivity contribution >= 4 is 11.6 Å². The molecule has 0 aliphatic carbocycles. The standard InChI is InChI=1S/C19H22F2N2O3/c1-13-4-7-15(8-5-13)22-18(24)12-23(2)11-14-6-9-16(26-19(20)21)17(10-14)25-3/h4-10,19H,11-12H2,1-3H3,(H,22,24)/p+1. The van der Waals surface area contributed by atoms with Gasteiger partial charge in [0.1, 0.15) is 6.54 Å². The summed E-state index contributed by atoms with van der Waals surface area (Å²) in [5.41, 5.74) is 2.73. The molecule has 26 heavy (non-hydrogen) atoms. The average molecular weight is 365 g/mol. The number of halogens is 2. The number of rotatable bonds is 8. The molecule has 0 aliphatic rings. The largest absolute Gasteiger partial charge is 0.493 e. The Hall–Kier alpha value is -2.67. The third kappa shape index (κ3) is 6.00. The van der Waals surface area contributed by atoms with E-state index in [0.717, 1.165) is 21.7 Å². The van der Waals surface area contributed by atoms with Crippen LogP contribution >= 0.6 is 0 Å². The highest BCUT2D eigenvalue weighted by atomic mass is 19.3. The van der Waals surface area contributed by atoms with Crippen LogP contribution in [-0.4, -0.2) is 33.2 Å². The lowest BCUT2D eigenvalue weighted by molar-refractivity contribution is -0.885. The van der Waals surface area contributed by atoms with E-state index in [1.54, 1.807) is 12.1 Å². The van der Waals surface area contributed by atoms with E-state index >= 15 is 0 Å². The van der Waals surface area contributed by atoms with Crippen LogP contribution in [0.25, 0.3) is 0 Å². The van der Waals surface area contributed by atoms with Gasteiger partial charge < -0.3 is 19.7 Å². The number of quaternary nitrogens is 1. The molecule has 7 heteroatoms. The molecule has 0 radical (unpaired) electrons. The maximum atomic E-state index is 12.4. The number of hydrogen-bond donors (Lipinski definition) is 2. The van der Waals surface area contributed by atoms with Gasteiger partial charge in [0, 0.05) is 11.3 Å². The maximum Gasteiger partial charge on any atom is 0.387 e. The molecule has 1 atom stereocenters. The molecule has 2 rings (SSSR count). The predicted molar refractivity (Wildman–Crippen MR) is 94.9 cm³/mol. The Labute approximate surface area is 151 Å². The van der Waals surface area contributed by atoms with E-state index in [-0.39, 0.29) is 24.0 Å². The second-order valence-corrected chi connectivity index (χ2v) is 6.09. The van der Waals surface area contributed by atoms with E-state index in [0.29, 0.717) is 6.54 Å². The summed E-state index contributed by atoms with van der Waals surface area (Å²) in [7, 11) is 3.27. The fourth-order valence-corrected chi connectivity index (χ4v) is 2.54. The van der Waals surface area contributed by atoms with Crippen LogP contribution < -0.4 is 19.7 Å². The minimum absolute atomic E-state index is 0.0129. The molecule has 2 N–H and O–H groups in total. The lowest BCUT2D eigenvalue weighted by Gasteiger charge is -2.16. The summed E-state index contributed by atoms with van der Waals surface area (Å²) in [4.78, 5) is 13.1. The van der Waals surface area contributed by atoms with Gasteiger partial charge in [0.25, 0.3) is 5.91 Å². The maximum absolute atomic E-state index is 12.4. The zero-order chi connectivity index (χ0) is 19.1. The Balaban J connectivity index is 1.93. The Morgan fingerprint density at radius 2 is 1.85 bits per heavy atom. The third-order valence-corrected chi connectivity index (χ3v) is 3.75. The number of likely N-dealkylation sites (N-methyl/N-ethyl adjacent to an activating group) is 1. The molecule has 0 aromatic heterocycles. The molecule has 0 heterocycles. The zero-order valence-electron chi connectivity index (χ0n) is 15.0. The van der Waals surface area contributed by atoms with Crippen LogP contribution in [-0.2, 0) is 11.3 Å². The van der Waals surface area contributed by atoms with Crippen LogP contribution in [0.5, 0.6) is 11.5 Å². The number of hydrogen-bond acceptors (Lipinski definition) is 3. The molecule has 0 saturated carbocycles.